The number of rotatable bonds is 4. The van der Waals surface area contributed by atoms with Gasteiger partial charge in [-0.1, -0.05) is 22.0 Å². The Bertz CT molecular complexity index is 462. The highest BCUT2D eigenvalue weighted by Gasteiger charge is 2.04. The fourth-order valence-electron chi connectivity index (χ4n) is 1.80. The van der Waals surface area contributed by atoms with Gasteiger partial charge in [-0.15, -0.1) is 11.3 Å². The lowest BCUT2D eigenvalue weighted by atomic mass is 10.2. The van der Waals surface area contributed by atoms with E-state index in [1.54, 1.807) is 11.3 Å². The number of anilines is 1. The first-order valence-electron chi connectivity index (χ1n) is 5.39. The van der Waals surface area contributed by atoms with Crippen molar-refractivity contribution in [2.75, 3.05) is 12.8 Å². The van der Waals surface area contributed by atoms with Crippen molar-refractivity contribution < 1.29 is 0 Å². The smallest absolute Gasteiger partial charge is 0.0328 e. The Labute approximate surface area is 114 Å². The second kappa shape index (κ2) is 5.67. The standard InChI is InChI=1S/C13H15BrN2S/c1-16(9-13-3-2-4-17-13)8-10-5-11(14)7-12(15)6-10/h2-7H,8-9,15H2,1H3. The summed E-state index contributed by atoms with van der Waals surface area (Å²) in [6, 6.07) is 10.3. The lowest BCUT2D eigenvalue weighted by Crippen LogP contribution is -2.16. The Morgan fingerprint density at radius 3 is 2.76 bits per heavy atom. The summed E-state index contributed by atoms with van der Waals surface area (Å²) in [5, 5.41) is 2.11. The van der Waals surface area contributed by atoms with Crippen LogP contribution >= 0.6 is 27.3 Å². The van der Waals surface area contributed by atoms with Gasteiger partial charge in [0.25, 0.3) is 0 Å². The van der Waals surface area contributed by atoms with Gasteiger partial charge in [0.2, 0.25) is 0 Å². The first kappa shape index (κ1) is 12.6. The number of nitrogen functional groups attached to an aromatic ring is 1. The van der Waals surface area contributed by atoms with Gasteiger partial charge in [0.15, 0.2) is 0 Å². The number of hydrogen-bond donors (Lipinski definition) is 1. The van der Waals surface area contributed by atoms with Crippen LogP contribution < -0.4 is 5.73 Å². The van der Waals surface area contributed by atoms with Gasteiger partial charge in [0, 0.05) is 28.1 Å². The molecule has 2 nitrogen and oxygen atoms in total. The fraction of sp³-hybridized carbons (Fsp3) is 0.231. The molecule has 1 heterocycles. The highest BCUT2D eigenvalue weighted by atomic mass is 79.9. The number of hydrogen-bond acceptors (Lipinski definition) is 3. The predicted molar refractivity (Wildman–Crippen MR) is 78.0 cm³/mol. The Balaban J connectivity index is 2.00. The topological polar surface area (TPSA) is 29.3 Å². The first-order valence-corrected chi connectivity index (χ1v) is 7.06. The van der Waals surface area contributed by atoms with Crippen LogP contribution in [0.4, 0.5) is 5.69 Å². The minimum atomic E-state index is 0.805. The highest BCUT2D eigenvalue weighted by Crippen LogP contribution is 2.19. The maximum Gasteiger partial charge on any atom is 0.0328 e. The van der Waals surface area contributed by atoms with Crippen molar-refractivity contribution >= 4 is 33.0 Å². The number of benzene rings is 1. The zero-order valence-corrected chi connectivity index (χ0v) is 12.1. The zero-order valence-electron chi connectivity index (χ0n) is 9.69. The molecule has 2 N–H and O–H groups in total. The van der Waals surface area contributed by atoms with E-state index in [1.165, 1.54) is 10.4 Å². The molecule has 90 valence electrons. The number of halogens is 1. The van der Waals surface area contributed by atoms with Crippen LogP contribution in [0, 0.1) is 0 Å². The normalized spacial score (nSPS) is 11.0. The molecule has 0 aliphatic heterocycles. The predicted octanol–water partition coefficient (Wildman–Crippen LogP) is 3.72. The largest absolute Gasteiger partial charge is 0.399 e. The van der Waals surface area contributed by atoms with Gasteiger partial charge >= 0.3 is 0 Å². The van der Waals surface area contributed by atoms with E-state index < -0.39 is 0 Å². The molecule has 0 bridgehead atoms. The molecule has 0 amide bonds. The summed E-state index contributed by atoms with van der Waals surface area (Å²) < 4.78 is 1.04. The highest BCUT2D eigenvalue weighted by molar-refractivity contribution is 9.10. The molecule has 0 aliphatic carbocycles. The molecule has 17 heavy (non-hydrogen) atoms. The van der Waals surface area contributed by atoms with Crippen LogP contribution in [0.15, 0.2) is 40.2 Å². The lowest BCUT2D eigenvalue weighted by Gasteiger charge is -2.16. The maximum absolute atomic E-state index is 5.82. The molecule has 2 aromatic rings. The lowest BCUT2D eigenvalue weighted by molar-refractivity contribution is 0.322. The Morgan fingerprint density at radius 2 is 2.12 bits per heavy atom. The van der Waals surface area contributed by atoms with E-state index >= 15 is 0 Å². The molecule has 0 atom stereocenters. The van der Waals surface area contributed by atoms with Gasteiger partial charge in [0.1, 0.15) is 0 Å². The molecule has 1 aromatic carbocycles. The molecule has 1 aromatic heterocycles. The summed E-state index contributed by atoms with van der Waals surface area (Å²) in [4.78, 5) is 3.67. The summed E-state index contributed by atoms with van der Waals surface area (Å²) in [5.41, 5.74) is 7.86. The molecule has 4 heteroatoms. The van der Waals surface area contributed by atoms with Gasteiger partial charge in [-0.05, 0) is 42.3 Å². The summed E-state index contributed by atoms with van der Waals surface area (Å²) >= 11 is 5.26. The van der Waals surface area contributed by atoms with E-state index in [-0.39, 0.29) is 0 Å². The molecule has 0 saturated heterocycles. The average Bonchev–Trinajstić information content (AvgIpc) is 2.67. The summed E-state index contributed by atoms with van der Waals surface area (Å²) in [6.07, 6.45) is 0. The van der Waals surface area contributed by atoms with E-state index in [9.17, 15) is 0 Å². The number of nitrogens with zero attached hydrogens (tertiary/aromatic N) is 1. The van der Waals surface area contributed by atoms with Crippen molar-refractivity contribution in [3.63, 3.8) is 0 Å². The first-order chi connectivity index (χ1) is 8.13. The van der Waals surface area contributed by atoms with Crippen molar-refractivity contribution in [2.24, 2.45) is 0 Å². The molecular formula is C13H15BrN2S. The van der Waals surface area contributed by atoms with Crippen LogP contribution in [0.3, 0.4) is 0 Å². The molecule has 0 aliphatic rings. The Hall–Kier alpha value is -0.840. The molecule has 0 unspecified atom stereocenters. The third-order valence-corrected chi connectivity index (χ3v) is 3.76. The van der Waals surface area contributed by atoms with Gasteiger partial charge in [-0.3, -0.25) is 4.90 Å². The minimum Gasteiger partial charge on any atom is -0.399 e. The van der Waals surface area contributed by atoms with Crippen molar-refractivity contribution in [1.29, 1.82) is 0 Å². The number of nitrogens with two attached hydrogens (primary N) is 1. The van der Waals surface area contributed by atoms with Crippen molar-refractivity contribution in [1.82, 2.24) is 4.90 Å². The van der Waals surface area contributed by atoms with Crippen molar-refractivity contribution in [2.45, 2.75) is 13.1 Å². The van der Waals surface area contributed by atoms with E-state index in [4.69, 9.17) is 5.73 Å². The third-order valence-electron chi connectivity index (χ3n) is 2.44. The second-order valence-corrected chi connectivity index (χ2v) is 6.09. The van der Waals surface area contributed by atoms with Gasteiger partial charge in [0.05, 0.1) is 0 Å². The van der Waals surface area contributed by atoms with E-state index in [0.717, 1.165) is 23.2 Å². The number of thiophene rings is 1. The zero-order chi connectivity index (χ0) is 12.3. The molecule has 0 fully saturated rings. The van der Waals surface area contributed by atoms with Gasteiger partial charge in [-0.2, -0.15) is 0 Å². The Kier molecular flexibility index (Phi) is 4.20. The quantitative estimate of drug-likeness (QED) is 0.872. The summed E-state index contributed by atoms with van der Waals surface area (Å²) in [7, 11) is 2.12. The van der Waals surface area contributed by atoms with Crippen LogP contribution in [-0.4, -0.2) is 11.9 Å². The van der Waals surface area contributed by atoms with Crippen LogP contribution in [0.5, 0.6) is 0 Å². The molecule has 2 rings (SSSR count). The molecule has 0 saturated carbocycles. The fourth-order valence-corrected chi connectivity index (χ4v) is 3.15. The van der Waals surface area contributed by atoms with E-state index in [1.807, 2.05) is 12.1 Å². The second-order valence-electron chi connectivity index (χ2n) is 4.14. The summed E-state index contributed by atoms with van der Waals surface area (Å²) in [6.45, 7) is 1.88. The molecule has 0 radical (unpaired) electrons. The average molecular weight is 311 g/mol. The van der Waals surface area contributed by atoms with E-state index in [2.05, 4.69) is 51.5 Å². The van der Waals surface area contributed by atoms with Crippen LogP contribution in [-0.2, 0) is 13.1 Å². The van der Waals surface area contributed by atoms with Crippen LogP contribution in [0.1, 0.15) is 10.4 Å². The maximum atomic E-state index is 5.82. The summed E-state index contributed by atoms with van der Waals surface area (Å²) in [5.74, 6) is 0. The SMILES string of the molecule is CN(Cc1cc(N)cc(Br)c1)Cc1cccs1. The minimum absolute atomic E-state index is 0.805. The van der Waals surface area contributed by atoms with E-state index in [0.29, 0.717) is 0 Å². The van der Waals surface area contributed by atoms with Gasteiger partial charge < -0.3 is 5.73 Å². The third kappa shape index (κ3) is 3.84. The van der Waals surface area contributed by atoms with Crippen molar-refractivity contribution in [3.8, 4) is 0 Å². The molecular weight excluding hydrogens is 296 g/mol. The van der Waals surface area contributed by atoms with Crippen LogP contribution in [0.25, 0.3) is 0 Å². The monoisotopic (exact) mass is 310 g/mol. The Morgan fingerprint density at radius 1 is 1.29 bits per heavy atom. The van der Waals surface area contributed by atoms with Crippen LogP contribution in [0.2, 0.25) is 0 Å². The van der Waals surface area contributed by atoms with Gasteiger partial charge in [-0.25, -0.2) is 0 Å². The van der Waals surface area contributed by atoms with Crippen molar-refractivity contribution in [3.05, 3.63) is 50.6 Å². The molecule has 0 spiro atoms.